The van der Waals surface area contributed by atoms with Gasteiger partial charge in [-0.05, 0) is 38.1 Å². The Morgan fingerprint density at radius 2 is 1.10 bits per heavy atom. The molecule has 2 aromatic carbocycles. The van der Waals surface area contributed by atoms with Gasteiger partial charge in [-0.1, -0.05) is 0 Å². The standard InChI is InChI=1S/C23H29NO5/c1-13-21(17-9-7-15(26-3)11-19(17)28-5)24-22(14(2)23(13)25)18-10-8-16(27-4)12-20(18)29-6/h7-14,21-22,24H,1-6H3/p+1. The summed E-state index contributed by atoms with van der Waals surface area (Å²) in [6, 6.07) is 11.4. The van der Waals surface area contributed by atoms with Crippen molar-refractivity contribution < 1.29 is 29.1 Å². The molecule has 0 bridgehead atoms. The number of hydrogen-bond acceptors (Lipinski definition) is 5. The first kappa shape index (κ1) is 21.0. The van der Waals surface area contributed by atoms with E-state index >= 15 is 0 Å². The van der Waals surface area contributed by atoms with E-state index in [1.165, 1.54) is 0 Å². The van der Waals surface area contributed by atoms with Gasteiger partial charge in [-0.3, -0.25) is 4.79 Å². The number of carbonyl (C=O) groups is 1. The van der Waals surface area contributed by atoms with Gasteiger partial charge in [0.1, 0.15) is 35.1 Å². The van der Waals surface area contributed by atoms with Crippen LogP contribution in [0, 0.1) is 11.8 Å². The number of piperidine rings is 1. The monoisotopic (exact) mass is 400 g/mol. The third kappa shape index (κ3) is 3.90. The zero-order valence-electron chi connectivity index (χ0n) is 17.9. The molecule has 0 spiro atoms. The third-order valence-electron chi connectivity index (χ3n) is 5.99. The second-order valence-corrected chi connectivity index (χ2v) is 7.44. The maximum Gasteiger partial charge on any atom is 0.151 e. The molecule has 0 radical (unpaired) electrons. The average Bonchev–Trinajstić information content (AvgIpc) is 2.77. The summed E-state index contributed by atoms with van der Waals surface area (Å²) in [6.45, 7) is 3.98. The summed E-state index contributed by atoms with van der Waals surface area (Å²) in [5.41, 5.74) is 1.97. The Morgan fingerprint density at radius 1 is 0.690 bits per heavy atom. The Balaban J connectivity index is 2.03. The highest BCUT2D eigenvalue weighted by molar-refractivity contribution is 5.85. The van der Waals surface area contributed by atoms with Crippen LogP contribution in [0.4, 0.5) is 0 Å². The van der Waals surface area contributed by atoms with Crippen molar-refractivity contribution in [1.82, 2.24) is 0 Å². The number of carbonyl (C=O) groups excluding carboxylic acids is 1. The molecule has 1 aliphatic rings. The fourth-order valence-corrected chi connectivity index (χ4v) is 4.26. The quantitative estimate of drug-likeness (QED) is 0.807. The summed E-state index contributed by atoms with van der Waals surface area (Å²) in [4.78, 5) is 13.2. The van der Waals surface area contributed by atoms with Crippen molar-refractivity contribution in [3.05, 3.63) is 47.5 Å². The van der Waals surface area contributed by atoms with Crippen LogP contribution >= 0.6 is 0 Å². The highest BCUT2D eigenvalue weighted by atomic mass is 16.5. The van der Waals surface area contributed by atoms with Crippen LogP contribution in [0.3, 0.4) is 0 Å². The van der Waals surface area contributed by atoms with E-state index in [0.29, 0.717) is 0 Å². The number of Topliss-reactive ketones (excluding diaryl/α,β-unsaturated/α-hetero) is 1. The normalized spacial score (nSPS) is 24.1. The molecule has 2 aromatic rings. The highest BCUT2D eigenvalue weighted by Crippen LogP contribution is 2.39. The van der Waals surface area contributed by atoms with Gasteiger partial charge in [0.15, 0.2) is 5.78 Å². The van der Waals surface area contributed by atoms with E-state index in [0.717, 1.165) is 34.1 Å². The molecule has 1 saturated heterocycles. The van der Waals surface area contributed by atoms with E-state index in [4.69, 9.17) is 18.9 Å². The van der Waals surface area contributed by atoms with E-state index in [1.54, 1.807) is 28.4 Å². The Kier molecular flexibility index (Phi) is 6.33. The Bertz CT molecular complexity index is 812. The van der Waals surface area contributed by atoms with Gasteiger partial charge in [-0.25, -0.2) is 0 Å². The average molecular weight is 400 g/mol. The fraction of sp³-hybridized carbons (Fsp3) is 0.435. The molecule has 0 aliphatic carbocycles. The molecule has 2 N–H and O–H groups in total. The Hall–Kier alpha value is -2.73. The molecule has 3 rings (SSSR count). The van der Waals surface area contributed by atoms with Gasteiger partial charge in [0.2, 0.25) is 0 Å². The summed E-state index contributed by atoms with van der Waals surface area (Å²) in [5.74, 6) is 2.84. The van der Waals surface area contributed by atoms with E-state index in [1.807, 2.05) is 50.2 Å². The van der Waals surface area contributed by atoms with Crippen molar-refractivity contribution in [3.63, 3.8) is 0 Å². The van der Waals surface area contributed by atoms with Gasteiger partial charge in [0.05, 0.1) is 51.4 Å². The van der Waals surface area contributed by atoms with Crippen LogP contribution in [-0.2, 0) is 4.79 Å². The number of rotatable bonds is 6. The first-order valence-electron chi connectivity index (χ1n) is 9.77. The second kappa shape index (κ2) is 8.74. The Morgan fingerprint density at radius 3 is 1.45 bits per heavy atom. The van der Waals surface area contributed by atoms with Crippen molar-refractivity contribution in [3.8, 4) is 23.0 Å². The zero-order valence-corrected chi connectivity index (χ0v) is 17.9. The van der Waals surface area contributed by atoms with Crippen molar-refractivity contribution in [2.24, 2.45) is 11.8 Å². The molecular weight excluding hydrogens is 370 g/mol. The van der Waals surface area contributed by atoms with E-state index in [9.17, 15) is 4.79 Å². The summed E-state index contributed by atoms with van der Waals surface area (Å²) in [6.07, 6.45) is 0. The minimum atomic E-state index is -0.146. The topological polar surface area (TPSA) is 70.6 Å². The van der Waals surface area contributed by atoms with E-state index in [2.05, 4.69) is 5.32 Å². The largest absolute Gasteiger partial charge is 0.497 e. The number of hydrogen-bond donors (Lipinski definition) is 1. The molecule has 4 atom stereocenters. The first-order chi connectivity index (χ1) is 13.9. The second-order valence-electron chi connectivity index (χ2n) is 7.44. The van der Waals surface area contributed by atoms with Crippen LogP contribution in [0.2, 0.25) is 0 Å². The third-order valence-corrected chi connectivity index (χ3v) is 5.99. The van der Waals surface area contributed by atoms with Crippen LogP contribution in [0.15, 0.2) is 36.4 Å². The number of ether oxygens (including phenoxy) is 4. The lowest BCUT2D eigenvalue weighted by Gasteiger charge is -2.37. The molecule has 0 amide bonds. The molecule has 0 aromatic heterocycles. The van der Waals surface area contributed by atoms with E-state index < -0.39 is 0 Å². The molecule has 6 nitrogen and oxygen atoms in total. The number of ketones is 1. The first-order valence-corrected chi connectivity index (χ1v) is 9.77. The predicted molar refractivity (Wildman–Crippen MR) is 110 cm³/mol. The van der Waals surface area contributed by atoms with Crippen LogP contribution in [-0.4, -0.2) is 34.2 Å². The van der Waals surface area contributed by atoms with Crippen LogP contribution in [0.5, 0.6) is 23.0 Å². The zero-order chi connectivity index (χ0) is 21.1. The maximum absolute atomic E-state index is 13.2. The lowest BCUT2D eigenvalue weighted by molar-refractivity contribution is -0.748. The van der Waals surface area contributed by atoms with Gasteiger partial charge in [0, 0.05) is 12.1 Å². The molecule has 1 heterocycles. The molecule has 1 fully saturated rings. The van der Waals surface area contributed by atoms with Gasteiger partial charge in [-0.2, -0.15) is 0 Å². The molecule has 156 valence electrons. The SMILES string of the molecule is COc1ccc(C2[NH2+]C(c3ccc(OC)cc3OC)C(C)C(=O)C2C)c(OC)c1. The van der Waals surface area contributed by atoms with Crippen molar-refractivity contribution >= 4 is 5.78 Å². The van der Waals surface area contributed by atoms with Gasteiger partial charge in [-0.15, -0.1) is 0 Å². The lowest BCUT2D eigenvalue weighted by Crippen LogP contribution is -2.91. The minimum Gasteiger partial charge on any atom is -0.497 e. The van der Waals surface area contributed by atoms with Gasteiger partial charge < -0.3 is 24.3 Å². The molecular formula is C23H30NO5+. The molecule has 6 heteroatoms. The maximum atomic E-state index is 13.2. The summed E-state index contributed by atoms with van der Waals surface area (Å²) in [5, 5.41) is 2.26. The highest BCUT2D eigenvalue weighted by Gasteiger charge is 2.45. The smallest absolute Gasteiger partial charge is 0.151 e. The van der Waals surface area contributed by atoms with Crippen molar-refractivity contribution in [2.45, 2.75) is 25.9 Å². The predicted octanol–water partition coefficient (Wildman–Crippen LogP) is 2.92. The summed E-state index contributed by atoms with van der Waals surface area (Å²) < 4.78 is 21.9. The number of methoxy groups -OCH3 is 4. The molecule has 29 heavy (non-hydrogen) atoms. The molecule has 4 unspecified atom stereocenters. The number of quaternary nitrogens is 1. The van der Waals surface area contributed by atoms with Crippen LogP contribution < -0.4 is 24.3 Å². The van der Waals surface area contributed by atoms with Crippen molar-refractivity contribution in [1.29, 1.82) is 0 Å². The summed E-state index contributed by atoms with van der Waals surface area (Å²) >= 11 is 0. The van der Waals surface area contributed by atoms with Gasteiger partial charge >= 0.3 is 0 Å². The molecule has 1 aliphatic heterocycles. The van der Waals surface area contributed by atoms with E-state index in [-0.39, 0.29) is 29.7 Å². The van der Waals surface area contributed by atoms with Gasteiger partial charge in [0.25, 0.3) is 0 Å². The summed E-state index contributed by atoms with van der Waals surface area (Å²) in [7, 11) is 6.53. The van der Waals surface area contributed by atoms with Crippen LogP contribution in [0.1, 0.15) is 37.1 Å². The minimum absolute atomic E-state index is 0.0728. The van der Waals surface area contributed by atoms with Crippen molar-refractivity contribution in [2.75, 3.05) is 28.4 Å². The number of benzene rings is 2. The Labute approximate surface area is 172 Å². The van der Waals surface area contributed by atoms with Crippen LogP contribution in [0.25, 0.3) is 0 Å². The number of nitrogens with two attached hydrogens (primary N) is 1. The fourth-order valence-electron chi connectivity index (χ4n) is 4.26. The lowest BCUT2D eigenvalue weighted by atomic mass is 9.76. The molecule has 0 saturated carbocycles.